The third-order valence-corrected chi connectivity index (χ3v) is 2.76. The van der Waals surface area contributed by atoms with Gasteiger partial charge in [0.15, 0.2) is 0 Å². The van der Waals surface area contributed by atoms with E-state index in [0.717, 1.165) is 6.54 Å². The molecule has 0 spiro atoms. The van der Waals surface area contributed by atoms with Gasteiger partial charge in [-0.25, -0.2) is 0 Å². The molecule has 1 fully saturated rings. The van der Waals surface area contributed by atoms with Gasteiger partial charge in [0.05, 0.1) is 5.84 Å². The molecule has 0 aromatic carbocycles. The number of amidine groups is 1. The lowest BCUT2D eigenvalue weighted by Crippen LogP contribution is -2.35. The maximum absolute atomic E-state index is 7.32. The first kappa shape index (κ1) is 10.5. The summed E-state index contributed by atoms with van der Waals surface area (Å²) < 4.78 is 0. The second kappa shape index (κ2) is 5.22. The smallest absolute Gasteiger partial charge is 0.0947 e. The number of nitrogens with zero attached hydrogens (tertiary/aromatic N) is 1. The minimum atomic E-state index is 0.220. The van der Waals surface area contributed by atoms with E-state index < -0.39 is 0 Å². The lowest BCUT2D eigenvalue weighted by atomic mass is 10.1. The van der Waals surface area contributed by atoms with Gasteiger partial charge in [-0.05, 0) is 25.9 Å². The normalized spacial score (nSPS) is 22.2. The van der Waals surface area contributed by atoms with Crippen LogP contribution < -0.4 is 5.73 Å². The van der Waals surface area contributed by atoms with Crippen molar-refractivity contribution in [1.29, 1.82) is 5.41 Å². The van der Waals surface area contributed by atoms with Gasteiger partial charge in [0.1, 0.15) is 0 Å². The van der Waals surface area contributed by atoms with Crippen LogP contribution >= 0.6 is 0 Å². The van der Waals surface area contributed by atoms with E-state index in [1.165, 1.54) is 38.8 Å². The molecule has 76 valence electrons. The summed E-state index contributed by atoms with van der Waals surface area (Å²) in [5.41, 5.74) is 5.45. The number of nitrogens with one attached hydrogen (secondary N) is 1. The van der Waals surface area contributed by atoms with Crippen molar-refractivity contribution in [3.05, 3.63) is 0 Å². The Morgan fingerprint density at radius 3 is 2.31 bits per heavy atom. The molecule has 3 heteroatoms. The average molecular weight is 183 g/mol. The van der Waals surface area contributed by atoms with Gasteiger partial charge in [-0.15, -0.1) is 0 Å². The van der Waals surface area contributed by atoms with Gasteiger partial charge < -0.3 is 10.6 Å². The summed E-state index contributed by atoms with van der Waals surface area (Å²) in [5, 5.41) is 7.32. The molecule has 0 aromatic rings. The highest BCUT2D eigenvalue weighted by Gasteiger charge is 2.13. The van der Waals surface area contributed by atoms with Crippen LogP contribution in [0.1, 0.15) is 32.6 Å². The Morgan fingerprint density at radius 1 is 1.31 bits per heavy atom. The molecule has 1 heterocycles. The maximum Gasteiger partial charge on any atom is 0.0947 e. The maximum atomic E-state index is 7.32. The highest BCUT2D eigenvalue weighted by Crippen LogP contribution is 2.11. The largest absolute Gasteiger partial charge is 0.387 e. The Morgan fingerprint density at radius 2 is 1.85 bits per heavy atom. The monoisotopic (exact) mass is 183 g/mol. The second-order valence-electron chi connectivity index (χ2n) is 4.07. The SMILES string of the molecule is CC(CN1CCCCCC1)C(=N)N. The molecule has 1 atom stereocenters. The summed E-state index contributed by atoms with van der Waals surface area (Å²) in [6.45, 7) is 5.39. The molecule has 0 bridgehead atoms. The Kier molecular flexibility index (Phi) is 4.22. The fourth-order valence-electron chi connectivity index (χ4n) is 1.80. The van der Waals surface area contributed by atoms with E-state index in [-0.39, 0.29) is 5.92 Å². The molecule has 0 amide bonds. The summed E-state index contributed by atoms with van der Waals surface area (Å²) in [5.74, 6) is 0.544. The van der Waals surface area contributed by atoms with E-state index in [9.17, 15) is 0 Å². The van der Waals surface area contributed by atoms with Crippen molar-refractivity contribution in [3.63, 3.8) is 0 Å². The van der Waals surface area contributed by atoms with E-state index in [1.54, 1.807) is 0 Å². The van der Waals surface area contributed by atoms with Gasteiger partial charge in [0.25, 0.3) is 0 Å². The lowest BCUT2D eigenvalue weighted by Gasteiger charge is -2.23. The first-order valence-corrected chi connectivity index (χ1v) is 5.26. The van der Waals surface area contributed by atoms with Crippen LogP contribution in [0.3, 0.4) is 0 Å². The zero-order valence-electron chi connectivity index (χ0n) is 8.55. The second-order valence-corrected chi connectivity index (χ2v) is 4.07. The zero-order chi connectivity index (χ0) is 9.68. The van der Waals surface area contributed by atoms with Crippen molar-refractivity contribution < 1.29 is 0 Å². The molecule has 3 nitrogen and oxygen atoms in total. The minimum Gasteiger partial charge on any atom is -0.387 e. The van der Waals surface area contributed by atoms with Crippen molar-refractivity contribution >= 4 is 5.84 Å². The Bertz CT molecular complexity index is 160. The summed E-state index contributed by atoms with van der Waals surface area (Å²) in [7, 11) is 0. The topological polar surface area (TPSA) is 53.1 Å². The molecule has 1 saturated heterocycles. The van der Waals surface area contributed by atoms with Crippen LogP contribution in [0.2, 0.25) is 0 Å². The minimum absolute atomic E-state index is 0.220. The number of hydrogen-bond donors (Lipinski definition) is 2. The number of likely N-dealkylation sites (tertiary alicyclic amines) is 1. The van der Waals surface area contributed by atoms with E-state index in [1.807, 2.05) is 6.92 Å². The first-order valence-electron chi connectivity index (χ1n) is 5.26. The van der Waals surface area contributed by atoms with Gasteiger partial charge in [-0.1, -0.05) is 19.8 Å². The summed E-state index contributed by atoms with van der Waals surface area (Å²) in [6.07, 6.45) is 5.35. The fraction of sp³-hybridized carbons (Fsp3) is 0.900. The standard InChI is InChI=1S/C10H21N3/c1-9(10(11)12)8-13-6-4-2-3-5-7-13/h9H,2-8H2,1H3,(H3,11,12). The van der Waals surface area contributed by atoms with Crippen molar-refractivity contribution in [1.82, 2.24) is 4.90 Å². The van der Waals surface area contributed by atoms with Crippen LogP contribution in [0.15, 0.2) is 0 Å². The quantitative estimate of drug-likeness (QED) is 0.514. The third kappa shape index (κ3) is 3.77. The zero-order valence-corrected chi connectivity index (χ0v) is 8.55. The molecule has 13 heavy (non-hydrogen) atoms. The molecular weight excluding hydrogens is 162 g/mol. The van der Waals surface area contributed by atoms with E-state index in [2.05, 4.69) is 4.90 Å². The predicted octanol–water partition coefficient (Wildman–Crippen LogP) is 1.43. The van der Waals surface area contributed by atoms with Crippen molar-refractivity contribution in [2.45, 2.75) is 32.6 Å². The summed E-state index contributed by atoms with van der Waals surface area (Å²) in [4.78, 5) is 2.44. The van der Waals surface area contributed by atoms with Crippen LogP contribution in [0, 0.1) is 11.3 Å². The average Bonchev–Trinajstić information content (AvgIpc) is 2.32. The number of nitrogens with two attached hydrogens (primary N) is 1. The molecule has 1 unspecified atom stereocenters. The first-order chi connectivity index (χ1) is 6.20. The number of hydrogen-bond acceptors (Lipinski definition) is 2. The molecule has 3 N–H and O–H groups in total. The van der Waals surface area contributed by atoms with Crippen molar-refractivity contribution in [2.75, 3.05) is 19.6 Å². The molecular formula is C10H21N3. The molecule has 0 radical (unpaired) electrons. The van der Waals surface area contributed by atoms with Crippen molar-refractivity contribution in [2.24, 2.45) is 11.7 Å². The van der Waals surface area contributed by atoms with Crippen LogP contribution in [-0.4, -0.2) is 30.4 Å². The highest BCUT2D eigenvalue weighted by atomic mass is 15.1. The Labute approximate surface area is 80.8 Å². The fourth-order valence-corrected chi connectivity index (χ4v) is 1.80. The Balaban J connectivity index is 2.29. The predicted molar refractivity (Wildman–Crippen MR) is 56.0 cm³/mol. The van der Waals surface area contributed by atoms with Crippen LogP contribution in [-0.2, 0) is 0 Å². The molecule has 1 aliphatic rings. The molecule has 1 rings (SSSR count). The van der Waals surface area contributed by atoms with Gasteiger partial charge in [-0.2, -0.15) is 0 Å². The number of rotatable bonds is 3. The summed E-state index contributed by atoms with van der Waals surface area (Å²) >= 11 is 0. The van der Waals surface area contributed by atoms with E-state index in [4.69, 9.17) is 11.1 Å². The Hall–Kier alpha value is -0.570. The van der Waals surface area contributed by atoms with Crippen LogP contribution in [0.25, 0.3) is 0 Å². The lowest BCUT2D eigenvalue weighted by molar-refractivity contribution is 0.268. The molecule has 1 aliphatic heterocycles. The van der Waals surface area contributed by atoms with Crippen molar-refractivity contribution in [3.8, 4) is 0 Å². The highest BCUT2D eigenvalue weighted by molar-refractivity contribution is 5.79. The van der Waals surface area contributed by atoms with Crippen LogP contribution in [0.5, 0.6) is 0 Å². The third-order valence-electron chi connectivity index (χ3n) is 2.76. The molecule has 0 aromatic heterocycles. The summed E-state index contributed by atoms with van der Waals surface area (Å²) in [6, 6.07) is 0. The van der Waals surface area contributed by atoms with Crippen LogP contribution in [0.4, 0.5) is 0 Å². The van der Waals surface area contributed by atoms with Gasteiger partial charge in [0.2, 0.25) is 0 Å². The molecule has 0 aliphatic carbocycles. The van der Waals surface area contributed by atoms with Gasteiger partial charge in [-0.3, -0.25) is 5.41 Å². The van der Waals surface area contributed by atoms with E-state index in [0.29, 0.717) is 5.84 Å². The van der Waals surface area contributed by atoms with Gasteiger partial charge in [0, 0.05) is 12.5 Å². The van der Waals surface area contributed by atoms with E-state index >= 15 is 0 Å². The molecule has 0 saturated carbocycles. The van der Waals surface area contributed by atoms with Gasteiger partial charge >= 0.3 is 0 Å².